The second-order valence-electron chi connectivity index (χ2n) is 8.90. The molecular weight excluding hydrogens is 430 g/mol. The van der Waals surface area contributed by atoms with Crippen LogP contribution in [0.4, 0.5) is 0 Å². The molecule has 0 spiro atoms. The standard InChI is InChI=1S/C10H14N2.C9H10N2.C9H13N.2CH4/c1-4-12-6-9(5-11)10(7-12)8(2)3;1-7(2)9-3-4-11-6-8(9)5-10;1-7(2)9-4-8(3)5-10-6-9;;/h6-8H,4H2,1-3H3;3-4,6-7H,1-2H3;4-7H,1-3H3;2*1H4. The summed E-state index contributed by atoms with van der Waals surface area (Å²) in [5.41, 5.74) is 6.28. The first-order valence-corrected chi connectivity index (χ1v) is 11.5. The van der Waals surface area contributed by atoms with Crippen molar-refractivity contribution in [2.45, 2.75) is 94.5 Å². The Morgan fingerprint density at radius 1 is 0.800 bits per heavy atom. The summed E-state index contributed by atoms with van der Waals surface area (Å²) in [5, 5.41) is 17.5. The van der Waals surface area contributed by atoms with Crippen molar-refractivity contribution in [3.63, 3.8) is 0 Å². The highest BCUT2D eigenvalue weighted by atomic mass is 14.9. The number of nitriles is 2. The van der Waals surface area contributed by atoms with Crippen LogP contribution in [0.25, 0.3) is 0 Å². The molecule has 0 saturated heterocycles. The fourth-order valence-corrected chi connectivity index (χ4v) is 3.16. The van der Waals surface area contributed by atoms with Gasteiger partial charge in [0.2, 0.25) is 0 Å². The van der Waals surface area contributed by atoms with E-state index in [1.54, 1.807) is 12.4 Å². The average Bonchev–Trinajstić information content (AvgIpc) is 3.24. The van der Waals surface area contributed by atoms with Gasteiger partial charge in [0.05, 0.1) is 11.1 Å². The summed E-state index contributed by atoms with van der Waals surface area (Å²) in [6.07, 6.45) is 11.1. The summed E-state index contributed by atoms with van der Waals surface area (Å²) in [4.78, 5) is 7.98. The zero-order valence-corrected chi connectivity index (χ0v) is 21.3. The second kappa shape index (κ2) is 17.1. The zero-order valence-electron chi connectivity index (χ0n) is 21.3. The molecule has 0 bridgehead atoms. The summed E-state index contributed by atoms with van der Waals surface area (Å²) in [5.74, 6) is 1.42. The first-order valence-electron chi connectivity index (χ1n) is 11.5. The molecule has 3 aromatic rings. The van der Waals surface area contributed by atoms with Crippen LogP contribution in [0.5, 0.6) is 0 Å². The van der Waals surface area contributed by atoms with Gasteiger partial charge in [0, 0.05) is 43.7 Å². The molecule has 0 saturated carbocycles. The first kappa shape index (κ1) is 33.7. The van der Waals surface area contributed by atoms with E-state index in [0.717, 1.165) is 23.2 Å². The molecule has 0 aliphatic rings. The first-order chi connectivity index (χ1) is 15.6. The molecule has 5 nitrogen and oxygen atoms in total. The predicted molar refractivity (Wildman–Crippen MR) is 148 cm³/mol. The number of aromatic nitrogens is 3. The van der Waals surface area contributed by atoms with E-state index < -0.39 is 0 Å². The van der Waals surface area contributed by atoms with Gasteiger partial charge in [-0.05, 0) is 59.9 Å². The van der Waals surface area contributed by atoms with Gasteiger partial charge in [-0.15, -0.1) is 0 Å². The van der Waals surface area contributed by atoms with Crippen LogP contribution in [0.3, 0.4) is 0 Å². The summed E-state index contributed by atoms with van der Waals surface area (Å²) in [7, 11) is 0. The predicted octanol–water partition coefficient (Wildman–Crippen LogP) is 8.37. The SMILES string of the molecule is C.C.CC(C)c1ccncc1C#N.CCn1cc(C#N)c(C(C)C)c1.Cc1cncc(C(C)C)c1. The molecule has 0 unspecified atom stereocenters. The lowest BCUT2D eigenvalue weighted by Gasteiger charge is -2.04. The van der Waals surface area contributed by atoms with Crippen LogP contribution in [0.2, 0.25) is 0 Å². The largest absolute Gasteiger partial charge is 0.353 e. The number of rotatable bonds is 4. The Labute approximate surface area is 214 Å². The van der Waals surface area contributed by atoms with Gasteiger partial charge in [0.15, 0.2) is 0 Å². The van der Waals surface area contributed by atoms with E-state index in [9.17, 15) is 0 Å². The molecule has 0 amide bonds. The van der Waals surface area contributed by atoms with Gasteiger partial charge in [0.1, 0.15) is 12.1 Å². The number of nitrogens with zero attached hydrogens (tertiary/aromatic N) is 5. The minimum absolute atomic E-state index is 0. The highest BCUT2D eigenvalue weighted by Gasteiger charge is 2.08. The molecule has 3 aromatic heterocycles. The van der Waals surface area contributed by atoms with Gasteiger partial charge in [-0.3, -0.25) is 9.97 Å². The Kier molecular flexibility index (Phi) is 16.4. The van der Waals surface area contributed by atoms with Crippen LogP contribution < -0.4 is 0 Å². The zero-order chi connectivity index (χ0) is 25.0. The molecule has 0 atom stereocenters. The lowest BCUT2D eigenvalue weighted by atomic mass is 10.0. The van der Waals surface area contributed by atoms with Crippen molar-refractivity contribution in [1.82, 2.24) is 14.5 Å². The van der Waals surface area contributed by atoms with E-state index >= 15 is 0 Å². The van der Waals surface area contributed by atoms with E-state index in [1.165, 1.54) is 11.1 Å². The molecular formula is C30H45N5. The highest BCUT2D eigenvalue weighted by Crippen LogP contribution is 2.19. The number of pyridine rings is 2. The number of hydrogen-bond acceptors (Lipinski definition) is 4. The number of hydrogen-bond donors (Lipinski definition) is 0. The molecule has 0 aliphatic carbocycles. The van der Waals surface area contributed by atoms with Crippen LogP contribution in [0.15, 0.2) is 49.3 Å². The van der Waals surface area contributed by atoms with Crippen molar-refractivity contribution in [2.75, 3.05) is 0 Å². The molecule has 3 rings (SSSR count). The Hall–Kier alpha value is -3.44. The van der Waals surface area contributed by atoms with Gasteiger partial charge in [-0.1, -0.05) is 62.5 Å². The molecule has 5 heteroatoms. The minimum atomic E-state index is 0. The summed E-state index contributed by atoms with van der Waals surface area (Å²) in [6, 6.07) is 8.40. The van der Waals surface area contributed by atoms with E-state index in [1.807, 2.05) is 29.2 Å². The molecule has 3 heterocycles. The van der Waals surface area contributed by atoms with Crippen molar-refractivity contribution in [3.05, 3.63) is 82.7 Å². The quantitative estimate of drug-likeness (QED) is 0.379. The van der Waals surface area contributed by atoms with Crippen molar-refractivity contribution in [2.24, 2.45) is 0 Å². The van der Waals surface area contributed by atoms with Crippen molar-refractivity contribution < 1.29 is 0 Å². The van der Waals surface area contributed by atoms with Crippen LogP contribution in [-0.4, -0.2) is 14.5 Å². The van der Waals surface area contributed by atoms with Crippen molar-refractivity contribution in [3.8, 4) is 12.1 Å². The monoisotopic (exact) mass is 475 g/mol. The van der Waals surface area contributed by atoms with Crippen LogP contribution >= 0.6 is 0 Å². The topological polar surface area (TPSA) is 78.3 Å². The third-order valence-electron chi connectivity index (χ3n) is 5.18. The van der Waals surface area contributed by atoms with Crippen LogP contribution in [-0.2, 0) is 6.54 Å². The summed E-state index contributed by atoms with van der Waals surface area (Å²) < 4.78 is 2.05. The van der Waals surface area contributed by atoms with E-state index in [2.05, 4.69) is 89.8 Å². The fourth-order valence-electron chi connectivity index (χ4n) is 3.16. The molecule has 190 valence electrons. The Morgan fingerprint density at radius 3 is 1.77 bits per heavy atom. The fraction of sp³-hybridized carbons (Fsp3) is 0.467. The summed E-state index contributed by atoms with van der Waals surface area (Å²) in [6.45, 7) is 17.8. The number of aryl methyl sites for hydroxylation is 2. The molecule has 35 heavy (non-hydrogen) atoms. The van der Waals surface area contributed by atoms with E-state index in [4.69, 9.17) is 10.5 Å². The maximum atomic E-state index is 8.81. The maximum absolute atomic E-state index is 8.81. The Balaban J connectivity index is 0. The Bertz CT molecular complexity index is 1080. The van der Waals surface area contributed by atoms with E-state index in [0.29, 0.717) is 23.3 Å². The van der Waals surface area contributed by atoms with Gasteiger partial charge in [-0.2, -0.15) is 10.5 Å². The Morgan fingerprint density at radius 2 is 1.40 bits per heavy atom. The highest BCUT2D eigenvalue weighted by molar-refractivity contribution is 5.38. The van der Waals surface area contributed by atoms with Gasteiger partial charge < -0.3 is 4.57 Å². The average molecular weight is 476 g/mol. The smallest absolute Gasteiger partial charge is 0.101 e. The third-order valence-corrected chi connectivity index (χ3v) is 5.18. The van der Waals surface area contributed by atoms with Crippen LogP contribution in [0.1, 0.15) is 114 Å². The maximum Gasteiger partial charge on any atom is 0.101 e. The normalized spacial score (nSPS) is 9.51. The molecule has 0 aliphatic heterocycles. The van der Waals surface area contributed by atoms with Gasteiger partial charge >= 0.3 is 0 Å². The molecule has 0 radical (unpaired) electrons. The van der Waals surface area contributed by atoms with Crippen LogP contribution in [0, 0.1) is 29.6 Å². The van der Waals surface area contributed by atoms with Gasteiger partial charge in [-0.25, -0.2) is 0 Å². The van der Waals surface area contributed by atoms with E-state index in [-0.39, 0.29) is 14.9 Å². The lowest BCUT2D eigenvalue weighted by molar-refractivity contribution is 0.758. The van der Waals surface area contributed by atoms with Crippen molar-refractivity contribution in [1.29, 1.82) is 10.5 Å². The minimum Gasteiger partial charge on any atom is -0.353 e. The second-order valence-corrected chi connectivity index (χ2v) is 8.90. The van der Waals surface area contributed by atoms with Gasteiger partial charge in [0.25, 0.3) is 0 Å². The molecule has 0 aromatic carbocycles. The summed E-state index contributed by atoms with van der Waals surface area (Å²) >= 11 is 0. The van der Waals surface area contributed by atoms with Crippen molar-refractivity contribution >= 4 is 0 Å². The molecule has 0 N–H and O–H groups in total. The third kappa shape index (κ3) is 11.0. The molecule has 0 fully saturated rings. The lowest BCUT2D eigenvalue weighted by Crippen LogP contribution is -1.92.